The van der Waals surface area contributed by atoms with Gasteiger partial charge in [0.25, 0.3) is 5.91 Å². The summed E-state index contributed by atoms with van der Waals surface area (Å²) < 4.78 is 16.6. The molecule has 0 radical (unpaired) electrons. The molecule has 0 aliphatic carbocycles. The van der Waals surface area contributed by atoms with Crippen LogP contribution in [0.5, 0.6) is 17.2 Å². The third-order valence-corrected chi connectivity index (χ3v) is 5.37. The van der Waals surface area contributed by atoms with Gasteiger partial charge in [0.15, 0.2) is 18.1 Å². The zero-order valence-electron chi connectivity index (χ0n) is 19.3. The van der Waals surface area contributed by atoms with Gasteiger partial charge in [-0.2, -0.15) is 0 Å². The van der Waals surface area contributed by atoms with Crippen LogP contribution in [0.1, 0.15) is 42.9 Å². The number of carboxylic acids is 1. The van der Waals surface area contributed by atoms with Crippen LogP contribution in [0.15, 0.2) is 36.0 Å². The van der Waals surface area contributed by atoms with Gasteiger partial charge in [0.2, 0.25) is 0 Å². The van der Waals surface area contributed by atoms with Crippen LogP contribution in [0, 0.1) is 13.8 Å². The Labute approximate surface area is 199 Å². The molecule has 1 amide bonds. The summed E-state index contributed by atoms with van der Waals surface area (Å²) in [5.41, 5.74) is 1.73. The highest BCUT2D eigenvalue weighted by Gasteiger charge is 2.11. The number of ether oxygens (including phenoxy) is 3. The van der Waals surface area contributed by atoms with Crippen LogP contribution < -0.4 is 24.6 Å². The second-order valence-corrected chi connectivity index (χ2v) is 7.90. The van der Waals surface area contributed by atoms with Gasteiger partial charge >= 0.3 is 0 Å². The van der Waals surface area contributed by atoms with Crippen molar-refractivity contribution >= 4 is 29.6 Å². The van der Waals surface area contributed by atoms with E-state index in [1.807, 2.05) is 13.8 Å². The average molecular weight is 475 g/mol. The van der Waals surface area contributed by atoms with Crippen LogP contribution in [-0.4, -0.2) is 32.2 Å². The summed E-state index contributed by atoms with van der Waals surface area (Å²) in [6.07, 6.45) is 4.37. The van der Waals surface area contributed by atoms with E-state index in [1.54, 1.807) is 30.3 Å². The zero-order valence-corrected chi connectivity index (χ0v) is 20.1. The fourth-order valence-corrected chi connectivity index (χ4v) is 3.17. The van der Waals surface area contributed by atoms with E-state index in [1.165, 1.54) is 13.2 Å². The van der Waals surface area contributed by atoms with E-state index in [0.717, 1.165) is 30.4 Å². The number of halogens is 1. The summed E-state index contributed by atoms with van der Waals surface area (Å²) in [4.78, 5) is 23.8. The lowest BCUT2D eigenvalue weighted by atomic mass is 10.1. The molecule has 1 N–H and O–H groups in total. The van der Waals surface area contributed by atoms with Gasteiger partial charge < -0.3 is 29.4 Å². The smallest absolute Gasteiger partial charge is 0.262 e. The van der Waals surface area contributed by atoms with Gasteiger partial charge in [0, 0.05) is 5.02 Å². The molecule has 0 aliphatic heterocycles. The van der Waals surface area contributed by atoms with E-state index in [0.29, 0.717) is 34.4 Å². The van der Waals surface area contributed by atoms with Crippen LogP contribution in [0.3, 0.4) is 0 Å². The molecular weight excluding hydrogens is 446 g/mol. The number of carbonyl (C=O) groups is 2. The Morgan fingerprint density at radius 2 is 1.76 bits per heavy atom. The van der Waals surface area contributed by atoms with E-state index in [9.17, 15) is 14.7 Å². The normalized spacial score (nSPS) is 11.1. The number of carbonyl (C=O) groups excluding carboxylic acids is 2. The number of nitrogens with one attached hydrogen (secondary N) is 1. The second kappa shape index (κ2) is 12.7. The summed E-state index contributed by atoms with van der Waals surface area (Å²) in [5.74, 6) is -0.686. The highest BCUT2D eigenvalue weighted by atomic mass is 35.5. The maximum absolute atomic E-state index is 12.3. The van der Waals surface area contributed by atoms with Crippen molar-refractivity contribution in [3.63, 3.8) is 0 Å². The van der Waals surface area contributed by atoms with Crippen LogP contribution in [0.2, 0.25) is 5.02 Å². The molecule has 2 rings (SSSR count). The molecule has 0 heterocycles. The lowest BCUT2D eigenvalue weighted by molar-refractivity contribution is -0.299. The van der Waals surface area contributed by atoms with Crippen LogP contribution in [0.4, 0.5) is 0 Å². The van der Waals surface area contributed by atoms with Crippen molar-refractivity contribution in [2.45, 2.75) is 40.0 Å². The molecule has 0 aromatic heterocycles. The maximum Gasteiger partial charge on any atom is 0.262 e. The molecule has 0 saturated carbocycles. The first kappa shape index (κ1) is 26.1. The number of methoxy groups -OCH3 is 1. The van der Waals surface area contributed by atoms with Crippen molar-refractivity contribution in [2.75, 3.05) is 20.3 Å². The quantitative estimate of drug-likeness (QED) is 0.371. The Hall–Kier alpha value is -3.19. The number of amides is 1. The van der Waals surface area contributed by atoms with Gasteiger partial charge in [0.1, 0.15) is 5.75 Å². The summed E-state index contributed by atoms with van der Waals surface area (Å²) in [7, 11) is 1.50. The molecule has 0 spiro atoms. The van der Waals surface area contributed by atoms with E-state index in [2.05, 4.69) is 12.2 Å². The molecule has 0 unspecified atom stereocenters. The first-order chi connectivity index (χ1) is 15.7. The number of hydrogen-bond acceptors (Lipinski definition) is 6. The molecule has 8 heteroatoms. The average Bonchev–Trinajstić information content (AvgIpc) is 2.78. The Kier molecular flexibility index (Phi) is 10.1. The first-order valence-electron chi connectivity index (χ1n) is 10.7. The van der Waals surface area contributed by atoms with Gasteiger partial charge in [-0.15, -0.1) is 0 Å². The van der Waals surface area contributed by atoms with Gasteiger partial charge in [-0.25, -0.2) is 0 Å². The number of benzene rings is 2. The van der Waals surface area contributed by atoms with Crippen LogP contribution >= 0.6 is 11.6 Å². The van der Waals surface area contributed by atoms with Crippen LogP contribution in [0.25, 0.3) is 6.08 Å². The van der Waals surface area contributed by atoms with Gasteiger partial charge in [-0.1, -0.05) is 37.4 Å². The summed E-state index contributed by atoms with van der Waals surface area (Å²) in [6.45, 7) is 5.95. The highest BCUT2D eigenvalue weighted by molar-refractivity contribution is 6.32. The van der Waals surface area contributed by atoms with E-state index in [4.69, 9.17) is 25.8 Å². The molecule has 33 heavy (non-hydrogen) atoms. The van der Waals surface area contributed by atoms with Crippen molar-refractivity contribution in [2.24, 2.45) is 0 Å². The van der Waals surface area contributed by atoms with E-state index >= 15 is 0 Å². The predicted octanol–water partition coefficient (Wildman–Crippen LogP) is 3.82. The van der Waals surface area contributed by atoms with Crippen molar-refractivity contribution in [3.8, 4) is 17.2 Å². The summed E-state index contributed by atoms with van der Waals surface area (Å²) >= 11 is 6.13. The molecule has 2 aromatic carbocycles. The van der Waals surface area contributed by atoms with E-state index < -0.39 is 17.6 Å². The molecule has 7 nitrogen and oxygen atoms in total. The molecule has 0 fully saturated rings. The Morgan fingerprint density at radius 3 is 2.36 bits per heavy atom. The van der Waals surface area contributed by atoms with Gasteiger partial charge in [-0.3, -0.25) is 4.79 Å². The minimum atomic E-state index is -1.53. The fraction of sp³-hybridized carbons (Fsp3) is 0.360. The molecule has 178 valence electrons. The Bertz CT molecular complexity index is 995. The number of rotatable bonds is 12. The lowest BCUT2D eigenvalue weighted by Gasteiger charge is -2.14. The number of unbranched alkanes of at least 4 members (excludes halogenated alkanes) is 2. The highest BCUT2D eigenvalue weighted by Crippen LogP contribution is 2.29. The minimum Gasteiger partial charge on any atom is -0.543 e. The topological polar surface area (TPSA) is 96.9 Å². The number of hydrogen-bond donors (Lipinski definition) is 1. The lowest BCUT2D eigenvalue weighted by Crippen LogP contribution is -2.37. The molecule has 0 saturated heterocycles. The summed E-state index contributed by atoms with van der Waals surface area (Å²) in [5, 5.41) is 14.5. The molecule has 2 aromatic rings. The predicted molar refractivity (Wildman–Crippen MR) is 126 cm³/mol. The van der Waals surface area contributed by atoms with Crippen molar-refractivity contribution in [1.29, 1.82) is 0 Å². The molecule has 0 aliphatic rings. The zero-order chi connectivity index (χ0) is 24.4. The van der Waals surface area contributed by atoms with Crippen LogP contribution in [-0.2, 0) is 9.59 Å². The monoisotopic (exact) mass is 474 g/mol. The van der Waals surface area contributed by atoms with Crippen molar-refractivity contribution < 1.29 is 28.9 Å². The Balaban J connectivity index is 2.07. The second-order valence-electron chi connectivity index (χ2n) is 7.52. The van der Waals surface area contributed by atoms with E-state index in [-0.39, 0.29) is 6.61 Å². The molecule has 0 atom stereocenters. The standard InChI is InChI=1S/C25H30ClNO6/c1-5-6-7-10-32-21-9-8-18(14-22(21)31-4)13-20(25(29)30)27-23(28)15-33-19-11-16(2)24(26)17(3)12-19/h8-9,11-14H,5-7,10,15H2,1-4H3,(H,27,28)(H,29,30)/p-1/b20-13+. The summed E-state index contributed by atoms with van der Waals surface area (Å²) in [6, 6.07) is 8.40. The SMILES string of the molecule is CCCCCOc1ccc(/C=C(/NC(=O)COc2cc(C)c(Cl)c(C)c2)C(=O)[O-])cc1OC. The number of aliphatic carboxylic acids is 1. The third kappa shape index (κ3) is 8.02. The first-order valence-corrected chi connectivity index (χ1v) is 11.1. The maximum atomic E-state index is 12.3. The van der Waals surface area contributed by atoms with Crippen molar-refractivity contribution in [1.82, 2.24) is 5.32 Å². The third-order valence-electron chi connectivity index (χ3n) is 4.78. The van der Waals surface area contributed by atoms with Gasteiger partial charge in [0.05, 0.1) is 25.4 Å². The number of carboxylic acid groups (broad SMARTS) is 1. The number of aryl methyl sites for hydroxylation is 2. The molecular formula is C25H29ClNO6-. The van der Waals surface area contributed by atoms with Crippen molar-refractivity contribution in [3.05, 3.63) is 57.7 Å². The Morgan fingerprint density at radius 1 is 1.06 bits per heavy atom. The fourth-order valence-electron chi connectivity index (χ4n) is 3.06. The van der Waals surface area contributed by atoms with Gasteiger partial charge in [-0.05, 0) is 67.3 Å². The minimum absolute atomic E-state index is 0.376. The molecule has 0 bridgehead atoms. The largest absolute Gasteiger partial charge is 0.543 e.